The van der Waals surface area contributed by atoms with E-state index in [1.165, 1.54) is 11.8 Å². The highest BCUT2D eigenvalue weighted by molar-refractivity contribution is 7.99. The minimum absolute atomic E-state index is 0.0617. The van der Waals surface area contributed by atoms with Gasteiger partial charge in [0.2, 0.25) is 0 Å². The molecule has 8 heteroatoms. The second-order valence-corrected chi connectivity index (χ2v) is 7.09. The number of thioether (sulfide) groups is 1. The molecule has 0 aliphatic rings. The van der Waals surface area contributed by atoms with Crippen LogP contribution in [0.1, 0.15) is 5.56 Å². The maximum atomic E-state index is 11.9. The van der Waals surface area contributed by atoms with E-state index in [1.807, 2.05) is 48.5 Å². The van der Waals surface area contributed by atoms with Crippen LogP contribution in [-0.2, 0) is 20.7 Å². The molecule has 3 aromatic rings. The van der Waals surface area contributed by atoms with Gasteiger partial charge in [0.05, 0.1) is 30.1 Å². The molecule has 0 fully saturated rings. The van der Waals surface area contributed by atoms with E-state index < -0.39 is 5.97 Å². The van der Waals surface area contributed by atoms with E-state index in [9.17, 15) is 9.59 Å². The van der Waals surface area contributed by atoms with Crippen LogP contribution in [0.15, 0.2) is 59.8 Å². The van der Waals surface area contributed by atoms with Gasteiger partial charge in [-0.1, -0.05) is 36.0 Å². The average molecular weight is 411 g/mol. The van der Waals surface area contributed by atoms with Crippen LogP contribution in [0.25, 0.3) is 11.0 Å². The maximum Gasteiger partial charge on any atom is 0.316 e. The second kappa shape index (κ2) is 10.4. The summed E-state index contributed by atoms with van der Waals surface area (Å²) in [5, 5.41) is 3.36. The summed E-state index contributed by atoms with van der Waals surface area (Å²) in [6.45, 7) is 0.162. The first-order valence-electron chi connectivity index (χ1n) is 9.04. The number of rotatable bonds is 9. The Bertz CT molecular complexity index is 979. The van der Waals surface area contributed by atoms with Crippen LogP contribution in [0.4, 0.5) is 0 Å². The van der Waals surface area contributed by atoms with Gasteiger partial charge in [0.1, 0.15) is 10.8 Å². The van der Waals surface area contributed by atoms with Crippen molar-refractivity contribution in [3.63, 3.8) is 0 Å². The highest BCUT2D eigenvalue weighted by Crippen LogP contribution is 2.17. The van der Waals surface area contributed by atoms with Crippen LogP contribution in [0.2, 0.25) is 0 Å². The molecule has 1 N–H and O–H groups in total. The number of esters is 1. The lowest BCUT2D eigenvalue weighted by Gasteiger charge is -2.07. The monoisotopic (exact) mass is 411 g/mol. The fraction of sp³-hybridized carbons (Fsp3) is 0.238. The van der Waals surface area contributed by atoms with Gasteiger partial charge in [-0.15, -0.1) is 0 Å². The number of methoxy groups -OCH3 is 1. The standard InChI is InChI=1S/C21H21N3O4S/c1-27-16-8-6-15(7-9-16)10-11-22-19(25)13-28-21(26)14-29-20-12-23-17-4-2-3-5-18(17)24-20/h2-9,12H,10-11,13-14H2,1H3,(H,22,25). The third-order valence-electron chi connectivity index (χ3n) is 4.02. The van der Waals surface area contributed by atoms with Crippen LogP contribution >= 0.6 is 11.8 Å². The fourth-order valence-electron chi connectivity index (χ4n) is 2.52. The summed E-state index contributed by atoms with van der Waals surface area (Å²) in [4.78, 5) is 32.4. The molecule has 2 aromatic carbocycles. The van der Waals surface area contributed by atoms with E-state index >= 15 is 0 Å². The van der Waals surface area contributed by atoms with Gasteiger partial charge < -0.3 is 14.8 Å². The van der Waals surface area contributed by atoms with Crippen LogP contribution in [0, 0.1) is 0 Å². The molecule has 0 radical (unpaired) electrons. The molecular formula is C21H21N3O4S. The van der Waals surface area contributed by atoms with Crippen molar-refractivity contribution < 1.29 is 19.1 Å². The van der Waals surface area contributed by atoms with Gasteiger partial charge in [0.25, 0.3) is 5.91 Å². The number of para-hydroxylation sites is 2. The first-order valence-corrected chi connectivity index (χ1v) is 10.0. The highest BCUT2D eigenvalue weighted by atomic mass is 32.2. The predicted octanol–water partition coefficient (Wildman–Crippen LogP) is 2.63. The molecule has 1 heterocycles. The number of benzene rings is 2. The molecule has 0 bridgehead atoms. The zero-order valence-electron chi connectivity index (χ0n) is 16.0. The third kappa shape index (κ3) is 6.46. The molecule has 3 rings (SSSR count). The van der Waals surface area contributed by atoms with Gasteiger partial charge in [-0.3, -0.25) is 14.6 Å². The smallest absolute Gasteiger partial charge is 0.316 e. The molecule has 0 aliphatic heterocycles. The number of nitrogens with one attached hydrogen (secondary N) is 1. The van der Waals surface area contributed by atoms with Crippen molar-refractivity contribution in [1.29, 1.82) is 0 Å². The van der Waals surface area contributed by atoms with E-state index in [1.54, 1.807) is 13.3 Å². The topological polar surface area (TPSA) is 90.4 Å². The molecule has 0 unspecified atom stereocenters. The molecule has 0 aliphatic carbocycles. The van der Waals surface area contributed by atoms with E-state index in [0.29, 0.717) is 18.0 Å². The molecule has 29 heavy (non-hydrogen) atoms. The summed E-state index contributed by atoms with van der Waals surface area (Å²) >= 11 is 1.22. The Kier molecular flexibility index (Phi) is 7.40. The van der Waals surface area contributed by atoms with Crippen molar-refractivity contribution in [1.82, 2.24) is 15.3 Å². The van der Waals surface area contributed by atoms with Crippen molar-refractivity contribution in [2.45, 2.75) is 11.4 Å². The Labute approximate surface area is 172 Å². The van der Waals surface area contributed by atoms with Gasteiger partial charge in [-0.05, 0) is 36.2 Å². The molecule has 0 atom stereocenters. The first kappa shape index (κ1) is 20.6. The second-order valence-electron chi connectivity index (χ2n) is 6.09. The number of nitrogens with zero attached hydrogens (tertiary/aromatic N) is 2. The summed E-state index contributed by atoms with van der Waals surface area (Å²) in [5.41, 5.74) is 2.64. The number of hydrogen-bond acceptors (Lipinski definition) is 7. The van der Waals surface area contributed by atoms with Crippen LogP contribution < -0.4 is 10.1 Å². The van der Waals surface area contributed by atoms with Crippen molar-refractivity contribution in [2.24, 2.45) is 0 Å². The molecule has 0 saturated carbocycles. The third-order valence-corrected chi connectivity index (χ3v) is 4.90. The van der Waals surface area contributed by atoms with Gasteiger partial charge >= 0.3 is 5.97 Å². The number of fused-ring (bicyclic) bond motifs is 1. The van der Waals surface area contributed by atoms with E-state index in [0.717, 1.165) is 22.3 Å². The number of amides is 1. The zero-order valence-corrected chi connectivity index (χ0v) is 16.8. The van der Waals surface area contributed by atoms with Crippen molar-refractivity contribution in [2.75, 3.05) is 26.0 Å². The molecule has 0 saturated heterocycles. The lowest BCUT2D eigenvalue weighted by molar-refractivity contribution is -0.145. The van der Waals surface area contributed by atoms with Crippen LogP contribution in [0.3, 0.4) is 0 Å². The quantitative estimate of drug-likeness (QED) is 0.428. The summed E-state index contributed by atoms with van der Waals surface area (Å²) in [5.74, 6) is 0.0430. The van der Waals surface area contributed by atoms with Crippen LogP contribution in [0.5, 0.6) is 5.75 Å². The molecule has 1 amide bonds. The number of ether oxygens (including phenoxy) is 2. The molecule has 0 spiro atoms. The Morgan fingerprint density at radius 3 is 2.59 bits per heavy atom. The van der Waals surface area contributed by atoms with E-state index in [-0.39, 0.29) is 18.3 Å². The lowest BCUT2D eigenvalue weighted by atomic mass is 10.1. The van der Waals surface area contributed by atoms with Crippen molar-refractivity contribution in [3.8, 4) is 5.75 Å². The minimum atomic E-state index is -0.477. The molecule has 7 nitrogen and oxygen atoms in total. The number of carbonyl (C=O) groups is 2. The Balaban J connectivity index is 1.34. The zero-order chi connectivity index (χ0) is 20.5. The van der Waals surface area contributed by atoms with Crippen molar-refractivity contribution >= 4 is 34.7 Å². The van der Waals surface area contributed by atoms with Gasteiger partial charge in [-0.2, -0.15) is 0 Å². The summed E-state index contributed by atoms with van der Waals surface area (Å²) in [6.07, 6.45) is 2.30. The normalized spacial score (nSPS) is 10.5. The highest BCUT2D eigenvalue weighted by Gasteiger charge is 2.09. The van der Waals surface area contributed by atoms with Gasteiger partial charge in [-0.25, -0.2) is 4.98 Å². The largest absolute Gasteiger partial charge is 0.497 e. The Hall–Kier alpha value is -3.13. The predicted molar refractivity (Wildman–Crippen MR) is 111 cm³/mol. The molecule has 150 valence electrons. The lowest BCUT2D eigenvalue weighted by Crippen LogP contribution is -2.30. The minimum Gasteiger partial charge on any atom is -0.497 e. The molecular weight excluding hydrogens is 390 g/mol. The Morgan fingerprint density at radius 2 is 1.83 bits per heavy atom. The fourth-order valence-corrected chi connectivity index (χ4v) is 3.16. The van der Waals surface area contributed by atoms with Gasteiger partial charge in [0.15, 0.2) is 6.61 Å². The maximum absolute atomic E-state index is 11.9. The number of aromatic nitrogens is 2. The Morgan fingerprint density at radius 1 is 1.07 bits per heavy atom. The van der Waals surface area contributed by atoms with Gasteiger partial charge in [0, 0.05) is 6.54 Å². The number of hydrogen-bond donors (Lipinski definition) is 1. The van der Waals surface area contributed by atoms with E-state index in [4.69, 9.17) is 9.47 Å². The SMILES string of the molecule is COc1ccc(CCNC(=O)COC(=O)CSc2cnc3ccccc3n2)cc1. The summed E-state index contributed by atoms with van der Waals surface area (Å²) < 4.78 is 10.1. The first-order chi connectivity index (χ1) is 14.1. The average Bonchev–Trinajstić information content (AvgIpc) is 2.76. The van der Waals surface area contributed by atoms with E-state index in [2.05, 4.69) is 15.3 Å². The van der Waals surface area contributed by atoms with Crippen LogP contribution in [-0.4, -0.2) is 47.9 Å². The van der Waals surface area contributed by atoms with Crippen molar-refractivity contribution in [3.05, 3.63) is 60.3 Å². The molecule has 1 aromatic heterocycles. The number of carbonyl (C=O) groups excluding carboxylic acids is 2. The summed E-state index contributed by atoms with van der Waals surface area (Å²) in [7, 11) is 1.62. The summed E-state index contributed by atoms with van der Waals surface area (Å²) in [6, 6.07) is 15.1.